The average molecular weight is 327 g/mol. The molecule has 0 rings (SSSR count). The molecule has 0 aliphatic carbocycles. The minimum absolute atomic E-state index is 0.0917. The van der Waals surface area contributed by atoms with Gasteiger partial charge in [0.25, 0.3) is 0 Å². The van der Waals surface area contributed by atoms with E-state index in [1.807, 2.05) is 0 Å². The first-order chi connectivity index (χ1) is 8.77. The maximum atomic E-state index is 11.9. The van der Waals surface area contributed by atoms with E-state index in [-0.39, 0.29) is 6.42 Å². The highest BCUT2D eigenvalue weighted by molar-refractivity contribution is 9.09. The molecule has 110 valence electrons. The van der Waals surface area contributed by atoms with Crippen LogP contribution in [0.3, 0.4) is 0 Å². The number of halogens is 3. The van der Waals surface area contributed by atoms with E-state index in [9.17, 15) is 8.78 Å². The van der Waals surface area contributed by atoms with Gasteiger partial charge in [-0.1, -0.05) is 80.1 Å². The number of hydrogen-bond acceptors (Lipinski definition) is 0. The Kier molecular flexibility index (Phi) is 15.7. The zero-order valence-electron chi connectivity index (χ0n) is 11.6. The van der Waals surface area contributed by atoms with Gasteiger partial charge in [-0.2, -0.15) is 0 Å². The van der Waals surface area contributed by atoms with Crippen molar-refractivity contribution in [3.05, 3.63) is 0 Å². The van der Waals surface area contributed by atoms with Gasteiger partial charge in [-0.05, 0) is 12.8 Å². The first-order valence-corrected chi connectivity index (χ1v) is 8.73. The van der Waals surface area contributed by atoms with Crippen molar-refractivity contribution >= 4 is 15.9 Å². The minimum atomic E-state index is -2.10. The summed E-state index contributed by atoms with van der Waals surface area (Å²) in [4.78, 5) is 0. The van der Waals surface area contributed by atoms with Crippen LogP contribution in [0.15, 0.2) is 0 Å². The van der Waals surface area contributed by atoms with Gasteiger partial charge in [-0.15, -0.1) is 0 Å². The SMILES string of the molecule is FC(F)CCCCCCCCCCCCCCBr. The molecule has 0 heterocycles. The second kappa shape index (κ2) is 15.4. The molecule has 0 aliphatic rings. The monoisotopic (exact) mass is 326 g/mol. The molecular formula is C15H29BrF2. The van der Waals surface area contributed by atoms with E-state index in [0.717, 1.165) is 18.2 Å². The molecule has 0 aromatic rings. The summed E-state index contributed by atoms with van der Waals surface area (Å²) in [6.07, 6.45) is 12.8. The minimum Gasteiger partial charge on any atom is -0.211 e. The fraction of sp³-hybridized carbons (Fsp3) is 1.00. The zero-order valence-corrected chi connectivity index (χ0v) is 13.2. The summed E-state index contributed by atoms with van der Waals surface area (Å²) in [5.74, 6) is 0. The van der Waals surface area contributed by atoms with E-state index in [2.05, 4.69) is 15.9 Å². The predicted molar refractivity (Wildman–Crippen MR) is 79.8 cm³/mol. The van der Waals surface area contributed by atoms with Crippen LogP contribution in [0, 0.1) is 0 Å². The second-order valence-corrected chi connectivity index (χ2v) is 5.90. The number of hydrogen-bond donors (Lipinski definition) is 0. The molecule has 0 aromatic heterocycles. The molecule has 3 heteroatoms. The van der Waals surface area contributed by atoms with Gasteiger partial charge in [-0.25, -0.2) is 8.78 Å². The highest BCUT2D eigenvalue weighted by Crippen LogP contribution is 2.13. The molecule has 0 unspecified atom stereocenters. The van der Waals surface area contributed by atoms with E-state index < -0.39 is 6.43 Å². The third-order valence-corrected chi connectivity index (χ3v) is 3.87. The first-order valence-electron chi connectivity index (χ1n) is 7.61. The molecule has 0 N–H and O–H groups in total. The summed E-state index contributed by atoms with van der Waals surface area (Å²) in [6, 6.07) is 0. The lowest BCUT2D eigenvalue weighted by Gasteiger charge is -2.02. The van der Waals surface area contributed by atoms with Crippen molar-refractivity contribution in [2.24, 2.45) is 0 Å². The quantitative estimate of drug-likeness (QED) is 0.245. The van der Waals surface area contributed by atoms with Crippen molar-refractivity contribution < 1.29 is 8.78 Å². The lowest BCUT2D eigenvalue weighted by atomic mass is 10.0. The normalized spacial score (nSPS) is 11.3. The lowest BCUT2D eigenvalue weighted by molar-refractivity contribution is 0.133. The van der Waals surface area contributed by atoms with Crippen LogP contribution in [0.1, 0.15) is 83.5 Å². The van der Waals surface area contributed by atoms with Crippen molar-refractivity contribution in [2.45, 2.75) is 89.9 Å². The van der Waals surface area contributed by atoms with Crippen molar-refractivity contribution in [3.8, 4) is 0 Å². The molecule has 0 aliphatic heterocycles. The molecule has 0 nitrogen and oxygen atoms in total. The van der Waals surface area contributed by atoms with E-state index in [0.29, 0.717) is 6.42 Å². The molecule has 0 bridgehead atoms. The molecule has 0 aromatic carbocycles. The fourth-order valence-electron chi connectivity index (χ4n) is 2.16. The van der Waals surface area contributed by atoms with Crippen molar-refractivity contribution in [1.29, 1.82) is 0 Å². The van der Waals surface area contributed by atoms with Gasteiger partial charge < -0.3 is 0 Å². The highest BCUT2D eigenvalue weighted by atomic mass is 79.9. The van der Waals surface area contributed by atoms with Gasteiger partial charge in [0.05, 0.1) is 0 Å². The summed E-state index contributed by atoms with van der Waals surface area (Å²) in [7, 11) is 0. The van der Waals surface area contributed by atoms with Gasteiger partial charge in [0, 0.05) is 11.8 Å². The highest BCUT2D eigenvalue weighted by Gasteiger charge is 2.00. The maximum Gasteiger partial charge on any atom is 0.238 e. The maximum absolute atomic E-state index is 11.9. The summed E-state index contributed by atoms with van der Waals surface area (Å²) in [5.41, 5.74) is 0. The standard InChI is InChI=1S/C15H29BrF2/c16-14-12-10-8-6-4-2-1-3-5-7-9-11-13-15(17)18/h15H,1-14H2. The van der Waals surface area contributed by atoms with Gasteiger partial charge in [-0.3, -0.25) is 0 Å². The molecule has 0 saturated heterocycles. The van der Waals surface area contributed by atoms with Crippen LogP contribution in [0.25, 0.3) is 0 Å². The summed E-state index contributed by atoms with van der Waals surface area (Å²) in [6.45, 7) is 0. The summed E-state index contributed by atoms with van der Waals surface area (Å²) < 4.78 is 23.7. The van der Waals surface area contributed by atoms with E-state index >= 15 is 0 Å². The molecule has 0 spiro atoms. The molecule has 0 radical (unpaired) electrons. The molecule has 0 atom stereocenters. The van der Waals surface area contributed by atoms with Crippen molar-refractivity contribution in [3.63, 3.8) is 0 Å². The Morgan fingerprint density at radius 3 is 1.22 bits per heavy atom. The van der Waals surface area contributed by atoms with Crippen LogP contribution in [0.5, 0.6) is 0 Å². The third kappa shape index (κ3) is 16.3. The Morgan fingerprint density at radius 2 is 0.889 bits per heavy atom. The lowest BCUT2D eigenvalue weighted by Crippen LogP contribution is -1.89. The van der Waals surface area contributed by atoms with Gasteiger partial charge in [0.2, 0.25) is 6.43 Å². The summed E-state index contributed by atoms with van der Waals surface area (Å²) in [5, 5.41) is 1.14. The smallest absolute Gasteiger partial charge is 0.211 e. The molecule has 0 fully saturated rings. The first kappa shape index (κ1) is 18.3. The second-order valence-electron chi connectivity index (χ2n) is 5.11. The van der Waals surface area contributed by atoms with Gasteiger partial charge >= 0.3 is 0 Å². The van der Waals surface area contributed by atoms with Crippen LogP contribution in [0.4, 0.5) is 8.78 Å². The zero-order chi connectivity index (χ0) is 13.5. The molecule has 18 heavy (non-hydrogen) atoms. The van der Waals surface area contributed by atoms with Crippen LogP contribution in [-0.4, -0.2) is 11.8 Å². The van der Waals surface area contributed by atoms with Gasteiger partial charge in [0.15, 0.2) is 0 Å². The Bertz CT molecular complexity index is 151. The largest absolute Gasteiger partial charge is 0.238 e. The van der Waals surface area contributed by atoms with Crippen LogP contribution >= 0.6 is 15.9 Å². The topological polar surface area (TPSA) is 0 Å². The Hall–Kier alpha value is 0.340. The van der Waals surface area contributed by atoms with E-state index in [1.165, 1.54) is 57.8 Å². The van der Waals surface area contributed by atoms with Crippen LogP contribution in [-0.2, 0) is 0 Å². The van der Waals surface area contributed by atoms with Gasteiger partial charge in [0.1, 0.15) is 0 Å². The number of rotatable bonds is 14. The van der Waals surface area contributed by atoms with Crippen molar-refractivity contribution in [1.82, 2.24) is 0 Å². The number of unbranched alkanes of at least 4 members (excludes halogenated alkanes) is 11. The van der Waals surface area contributed by atoms with Crippen LogP contribution in [0.2, 0.25) is 0 Å². The van der Waals surface area contributed by atoms with Crippen molar-refractivity contribution in [2.75, 3.05) is 5.33 Å². The summed E-state index contributed by atoms with van der Waals surface area (Å²) >= 11 is 3.44. The Morgan fingerprint density at radius 1 is 0.556 bits per heavy atom. The fourth-order valence-corrected chi connectivity index (χ4v) is 2.56. The third-order valence-electron chi connectivity index (χ3n) is 3.31. The van der Waals surface area contributed by atoms with E-state index in [4.69, 9.17) is 0 Å². The van der Waals surface area contributed by atoms with E-state index in [1.54, 1.807) is 0 Å². The van der Waals surface area contributed by atoms with Crippen LogP contribution < -0.4 is 0 Å². The Balaban J connectivity index is 2.90. The predicted octanol–water partition coefficient (Wildman–Crippen LogP) is 6.72. The molecule has 0 saturated carbocycles. The Labute approximate surface area is 120 Å². The molecular weight excluding hydrogens is 298 g/mol. The average Bonchev–Trinajstić information content (AvgIpc) is 2.34. The number of alkyl halides is 3. The molecule has 0 amide bonds.